The second-order valence-electron chi connectivity index (χ2n) is 4.10. The molecule has 2 rings (SSSR count). The first kappa shape index (κ1) is 11.5. The summed E-state index contributed by atoms with van der Waals surface area (Å²) in [5.41, 5.74) is 3.06. The zero-order valence-electron chi connectivity index (χ0n) is 9.91. The Kier molecular flexibility index (Phi) is 3.04. The van der Waals surface area contributed by atoms with Gasteiger partial charge in [-0.3, -0.25) is 9.59 Å². The zero-order valence-corrected chi connectivity index (χ0v) is 9.91. The molecule has 1 N–H and O–H groups in total. The van der Waals surface area contributed by atoms with Gasteiger partial charge < -0.3 is 4.98 Å². The van der Waals surface area contributed by atoms with Gasteiger partial charge in [-0.1, -0.05) is 6.92 Å². The minimum absolute atomic E-state index is 0.127. The van der Waals surface area contributed by atoms with Crippen LogP contribution >= 0.6 is 0 Å². The van der Waals surface area contributed by atoms with Crippen molar-refractivity contribution in [3.8, 4) is 0 Å². The highest BCUT2D eigenvalue weighted by Crippen LogP contribution is 2.19. The predicted molar refractivity (Wildman–Crippen MR) is 65.5 cm³/mol. The molecule has 88 valence electrons. The Morgan fingerprint density at radius 1 is 1.47 bits per heavy atom. The first-order chi connectivity index (χ1) is 8.15. The largest absolute Gasteiger partial charge is 0.336 e. The number of benzene rings is 1. The summed E-state index contributed by atoms with van der Waals surface area (Å²) in [5, 5.41) is 0. The number of nitrogens with zero attached hydrogens (tertiary/aromatic N) is 1. The monoisotopic (exact) mass is 230 g/mol. The maximum absolute atomic E-state index is 11.9. The Labute approximate surface area is 99.1 Å². The average molecular weight is 230 g/mol. The minimum atomic E-state index is 0.127. The van der Waals surface area contributed by atoms with Gasteiger partial charge >= 0.3 is 0 Å². The number of H-pyrrole nitrogens is 1. The van der Waals surface area contributed by atoms with Gasteiger partial charge in [0.2, 0.25) is 0 Å². The molecule has 1 aromatic carbocycles. The van der Waals surface area contributed by atoms with E-state index in [1.807, 2.05) is 19.9 Å². The number of hydrogen-bond acceptors (Lipinski definition) is 3. The van der Waals surface area contributed by atoms with E-state index in [2.05, 4.69) is 9.97 Å². The third kappa shape index (κ3) is 2.11. The topological polar surface area (TPSA) is 62.8 Å². The lowest BCUT2D eigenvalue weighted by Gasteiger charge is -2.03. The van der Waals surface area contributed by atoms with E-state index in [1.54, 1.807) is 6.07 Å². The van der Waals surface area contributed by atoms with Crippen LogP contribution < -0.4 is 0 Å². The fourth-order valence-corrected chi connectivity index (χ4v) is 1.90. The molecule has 1 aromatic heterocycles. The lowest BCUT2D eigenvalue weighted by atomic mass is 10.0. The van der Waals surface area contributed by atoms with Crippen molar-refractivity contribution in [3.63, 3.8) is 0 Å². The predicted octanol–water partition coefficient (Wildman–Crippen LogP) is 2.67. The van der Waals surface area contributed by atoms with Crippen molar-refractivity contribution >= 4 is 23.1 Å². The molecule has 1 heterocycles. The number of aromatic amines is 1. The number of ketones is 1. The molecule has 0 spiro atoms. The molecule has 0 aliphatic rings. The van der Waals surface area contributed by atoms with Gasteiger partial charge in [0, 0.05) is 12.0 Å². The number of Topliss-reactive ketones (excluding diaryl/α,β-unsaturated/α-hetero) is 1. The first-order valence-corrected chi connectivity index (χ1v) is 5.64. The summed E-state index contributed by atoms with van der Waals surface area (Å²) in [6, 6.07) is 3.62. The van der Waals surface area contributed by atoms with Gasteiger partial charge in [-0.05, 0) is 31.0 Å². The normalized spacial score (nSPS) is 10.7. The van der Waals surface area contributed by atoms with Crippen LogP contribution in [0.4, 0.5) is 0 Å². The summed E-state index contributed by atoms with van der Waals surface area (Å²) in [6.45, 7) is 3.87. The second kappa shape index (κ2) is 4.49. The van der Waals surface area contributed by atoms with Crippen LogP contribution in [0, 0.1) is 6.92 Å². The molecule has 2 aromatic rings. The molecule has 0 amide bonds. The number of aryl methyl sites for hydroxylation is 1. The highest BCUT2D eigenvalue weighted by atomic mass is 16.1. The summed E-state index contributed by atoms with van der Waals surface area (Å²) in [4.78, 5) is 29.5. The van der Waals surface area contributed by atoms with E-state index in [0.29, 0.717) is 29.6 Å². The number of carbonyl (C=O) groups is 2. The zero-order chi connectivity index (χ0) is 12.4. The smallest absolute Gasteiger partial charge is 0.185 e. The van der Waals surface area contributed by atoms with Crippen LogP contribution in [0.15, 0.2) is 12.1 Å². The summed E-state index contributed by atoms with van der Waals surface area (Å²) in [6.07, 6.45) is 2.04. The van der Waals surface area contributed by atoms with Crippen molar-refractivity contribution in [2.75, 3.05) is 0 Å². The highest BCUT2D eigenvalue weighted by molar-refractivity contribution is 6.00. The van der Waals surface area contributed by atoms with Gasteiger partial charge in [0.15, 0.2) is 17.9 Å². The van der Waals surface area contributed by atoms with E-state index in [1.165, 1.54) is 0 Å². The van der Waals surface area contributed by atoms with Crippen LogP contribution in [0.25, 0.3) is 11.0 Å². The number of rotatable bonds is 4. The molecule has 0 radical (unpaired) electrons. The van der Waals surface area contributed by atoms with E-state index in [0.717, 1.165) is 17.5 Å². The Balaban J connectivity index is 2.53. The lowest BCUT2D eigenvalue weighted by molar-refractivity contribution is 0.0981. The Morgan fingerprint density at radius 2 is 2.24 bits per heavy atom. The van der Waals surface area contributed by atoms with E-state index < -0.39 is 0 Å². The van der Waals surface area contributed by atoms with Crippen molar-refractivity contribution in [1.82, 2.24) is 9.97 Å². The molecule has 0 aliphatic carbocycles. The molecule has 0 saturated heterocycles. The summed E-state index contributed by atoms with van der Waals surface area (Å²) < 4.78 is 0. The average Bonchev–Trinajstić information content (AvgIpc) is 2.70. The molecule has 0 saturated carbocycles. The SMILES string of the molecule is CCCC(=O)c1cc2nc(C=O)[nH]c2cc1C. The maximum Gasteiger partial charge on any atom is 0.185 e. The summed E-state index contributed by atoms with van der Waals surface area (Å²) >= 11 is 0. The number of fused-ring (bicyclic) bond motifs is 1. The van der Waals surface area contributed by atoms with Crippen LogP contribution in [0.1, 0.15) is 46.3 Å². The summed E-state index contributed by atoms with van der Waals surface area (Å²) in [5.74, 6) is 0.419. The van der Waals surface area contributed by atoms with Gasteiger partial charge in [-0.25, -0.2) is 4.98 Å². The highest BCUT2D eigenvalue weighted by Gasteiger charge is 2.11. The van der Waals surface area contributed by atoms with Crippen molar-refractivity contribution in [2.45, 2.75) is 26.7 Å². The second-order valence-corrected chi connectivity index (χ2v) is 4.10. The quantitative estimate of drug-likeness (QED) is 0.648. The molecule has 0 unspecified atom stereocenters. The number of aromatic nitrogens is 2. The molecular formula is C13H14N2O2. The number of aldehydes is 1. The third-order valence-electron chi connectivity index (χ3n) is 2.74. The molecule has 0 atom stereocenters. The molecule has 0 fully saturated rings. The first-order valence-electron chi connectivity index (χ1n) is 5.64. The van der Waals surface area contributed by atoms with Crippen LogP contribution in [-0.4, -0.2) is 22.0 Å². The fourth-order valence-electron chi connectivity index (χ4n) is 1.90. The van der Waals surface area contributed by atoms with Crippen molar-refractivity contribution < 1.29 is 9.59 Å². The maximum atomic E-state index is 11.9. The van der Waals surface area contributed by atoms with Gasteiger partial charge in [0.05, 0.1) is 11.0 Å². The number of imidazole rings is 1. The van der Waals surface area contributed by atoms with E-state index in [4.69, 9.17) is 0 Å². The molecule has 17 heavy (non-hydrogen) atoms. The van der Waals surface area contributed by atoms with Crippen LogP contribution in [0.5, 0.6) is 0 Å². The van der Waals surface area contributed by atoms with Crippen molar-refractivity contribution in [2.24, 2.45) is 0 Å². The van der Waals surface area contributed by atoms with E-state index in [-0.39, 0.29) is 5.78 Å². The lowest BCUT2D eigenvalue weighted by Crippen LogP contribution is -2.01. The Morgan fingerprint density at radius 3 is 2.88 bits per heavy atom. The Bertz CT molecular complexity index is 584. The Hall–Kier alpha value is -1.97. The van der Waals surface area contributed by atoms with Crippen molar-refractivity contribution in [1.29, 1.82) is 0 Å². The van der Waals surface area contributed by atoms with Crippen LogP contribution in [0.2, 0.25) is 0 Å². The minimum Gasteiger partial charge on any atom is -0.336 e. The molecule has 0 aliphatic heterocycles. The van der Waals surface area contributed by atoms with Crippen molar-refractivity contribution in [3.05, 3.63) is 29.1 Å². The number of hydrogen-bond donors (Lipinski definition) is 1. The van der Waals surface area contributed by atoms with Crippen LogP contribution in [-0.2, 0) is 0 Å². The van der Waals surface area contributed by atoms with E-state index in [9.17, 15) is 9.59 Å². The van der Waals surface area contributed by atoms with Crippen LogP contribution in [0.3, 0.4) is 0 Å². The number of carbonyl (C=O) groups excluding carboxylic acids is 2. The van der Waals surface area contributed by atoms with E-state index >= 15 is 0 Å². The van der Waals surface area contributed by atoms with Gasteiger partial charge in [0.1, 0.15) is 0 Å². The molecule has 0 bridgehead atoms. The molecule has 4 heteroatoms. The van der Waals surface area contributed by atoms with Gasteiger partial charge in [0.25, 0.3) is 0 Å². The van der Waals surface area contributed by atoms with Gasteiger partial charge in [-0.15, -0.1) is 0 Å². The third-order valence-corrected chi connectivity index (χ3v) is 2.74. The fraction of sp³-hybridized carbons (Fsp3) is 0.308. The standard InChI is InChI=1S/C13H14N2O2/c1-3-4-12(17)9-6-11-10(5-8(9)2)14-13(7-16)15-11/h5-7H,3-4H2,1-2H3,(H,14,15). The molecular weight excluding hydrogens is 216 g/mol. The van der Waals surface area contributed by atoms with Gasteiger partial charge in [-0.2, -0.15) is 0 Å². The molecule has 4 nitrogen and oxygen atoms in total. The number of nitrogens with one attached hydrogen (secondary N) is 1. The summed E-state index contributed by atoms with van der Waals surface area (Å²) in [7, 11) is 0.